The number of anilines is 1. The lowest BCUT2D eigenvalue weighted by Gasteiger charge is -2.30. The Hall–Kier alpha value is -2.12. The standard InChI is InChI=1S/C16H23N3O4/c1-18(2)6-5-17-10-14(20)12-3-4-15-13(9-12)19(7-8-23-15)11-16(21)22/h3-4,9,17H,5-8,10-11H2,1-2H3,(H,21,22). The molecule has 0 bridgehead atoms. The lowest BCUT2D eigenvalue weighted by atomic mass is 10.1. The molecule has 126 valence electrons. The number of nitrogens with zero attached hydrogens (tertiary/aromatic N) is 2. The summed E-state index contributed by atoms with van der Waals surface area (Å²) < 4.78 is 5.53. The second-order valence-corrected chi connectivity index (χ2v) is 5.75. The summed E-state index contributed by atoms with van der Waals surface area (Å²) in [4.78, 5) is 27.0. The average molecular weight is 321 g/mol. The van der Waals surface area contributed by atoms with E-state index in [2.05, 4.69) is 5.32 Å². The van der Waals surface area contributed by atoms with Crippen LogP contribution in [0.25, 0.3) is 0 Å². The highest BCUT2D eigenvalue weighted by molar-refractivity contribution is 5.99. The Morgan fingerprint density at radius 2 is 2.17 bits per heavy atom. The van der Waals surface area contributed by atoms with Gasteiger partial charge in [-0.15, -0.1) is 0 Å². The molecule has 0 radical (unpaired) electrons. The van der Waals surface area contributed by atoms with Crippen LogP contribution < -0.4 is 15.0 Å². The molecule has 0 unspecified atom stereocenters. The van der Waals surface area contributed by atoms with Crippen molar-refractivity contribution in [3.05, 3.63) is 23.8 Å². The van der Waals surface area contributed by atoms with E-state index in [-0.39, 0.29) is 18.9 Å². The van der Waals surface area contributed by atoms with Crippen LogP contribution in [0.1, 0.15) is 10.4 Å². The number of carboxylic acids is 1. The number of fused-ring (bicyclic) bond motifs is 1. The van der Waals surface area contributed by atoms with Gasteiger partial charge in [0.1, 0.15) is 18.9 Å². The summed E-state index contributed by atoms with van der Waals surface area (Å²) in [5.74, 6) is -0.304. The van der Waals surface area contributed by atoms with E-state index in [1.165, 1.54) is 0 Å². The van der Waals surface area contributed by atoms with E-state index in [0.717, 1.165) is 13.1 Å². The predicted molar refractivity (Wildman–Crippen MR) is 87.5 cm³/mol. The summed E-state index contributed by atoms with van der Waals surface area (Å²) >= 11 is 0. The van der Waals surface area contributed by atoms with Crippen molar-refractivity contribution in [1.29, 1.82) is 0 Å². The van der Waals surface area contributed by atoms with Crippen LogP contribution in [-0.2, 0) is 4.79 Å². The molecule has 23 heavy (non-hydrogen) atoms. The van der Waals surface area contributed by atoms with Crippen molar-refractivity contribution in [2.75, 3.05) is 58.3 Å². The van der Waals surface area contributed by atoms with Gasteiger partial charge in [0.25, 0.3) is 0 Å². The molecule has 1 aliphatic rings. The number of hydrogen-bond acceptors (Lipinski definition) is 6. The topological polar surface area (TPSA) is 82.1 Å². The molecule has 0 fully saturated rings. The number of nitrogens with one attached hydrogen (secondary N) is 1. The first-order chi connectivity index (χ1) is 11.0. The van der Waals surface area contributed by atoms with Crippen molar-refractivity contribution in [2.24, 2.45) is 0 Å². The minimum Gasteiger partial charge on any atom is -0.490 e. The van der Waals surface area contributed by atoms with Crippen molar-refractivity contribution < 1.29 is 19.4 Å². The molecule has 1 aromatic carbocycles. The molecule has 0 aliphatic carbocycles. The SMILES string of the molecule is CN(C)CCNCC(=O)c1ccc2c(c1)N(CC(=O)O)CCO2. The van der Waals surface area contributed by atoms with Gasteiger partial charge in [0, 0.05) is 18.7 Å². The lowest BCUT2D eigenvalue weighted by molar-refractivity contribution is -0.135. The Kier molecular flexibility index (Phi) is 5.95. The van der Waals surface area contributed by atoms with E-state index in [1.807, 2.05) is 19.0 Å². The summed E-state index contributed by atoms with van der Waals surface area (Å²) in [6, 6.07) is 5.17. The van der Waals surface area contributed by atoms with Crippen LogP contribution in [0.3, 0.4) is 0 Å². The first-order valence-corrected chi connectivity index (χ1v) is 7.59. The fourth-order valence-electron chi connectivity index (χ4n) is 2.38. The maximum Gasteiger partial charge on any atom is 0.323 e. The van der Waals surface area contributed by atoms with Gasteiger partial charge in [0.2, 0.25) is 0 Å². The van der Waals surface area contributed by atoms with Gasteiger partial charge in [0.15, 0.2) is 5.78 Å². The number of Topliss-reactive ketones (excluding diaryl/α,β-unsaturated/α-hetero) is 1. The van der Waals surface area contributed by atoms with E-state index in [1.54, 1.807) is 23.1 Å². The van der Waals surface area contributed by atoms with E-state index < -0.39 is 5.97 Å². The van der Waals surface area contributed by atoms with Crippen molar-refractivity contribution in [3.63, 3.8) is 0 Å². The van der Waals surface area contributed by atoms with Gasteiger partial charge in [-0.25, -0.2) is 0 Å². The Morgan fingerprint density at radius 1 is 1.39 bits per heavy atom. The van der Waals surface area contributed by atoms with Gasteiger partial charge in [-0.2, -0.15) is 0 Å². The fourth-order valence-corrected chi connectivity index (χ4v) is 2.38. The third-order valence-corrected chi connectivity index (χ3v) is 3.59. The number of likely N-dealkylation sites (N-methyl/N-ethyl adjacent to an activating group) is 1. The van der Waals surface area contributed by atoms with Crippen molar-refractivity contribution in [3.8, 4) is 5.75 Å². The molecule has 0 amide bonds. The Bertz CT molecular complexity index is 574. The highest BCUT2D eigenvalue weighted by atomic mass is 16.5. The summed E-state index contributed by atoms with van der Waals surface area (Å²) in [6.07, 6.45) is 0. The van der Waals surface area contributed by atoms with Crippen molar-refractivity contribution >= 4 is 17.4 Å². The first kappa shape index (κ1) is 17.2. The van der Waals surface area contributed by atoms with Gasteiger partial charge >= 0.3 is 5.97 Å². The summed E-state index contributed by atoms with van der Waals surface area (Å²) in [5, 5.41) is 12.1. The van der Waals surface area contributed by atoms with Gasteiger partial charge < -0.3 is 25.0 Å². The number of ether oxygens (including phenoxy) is 1. The van der Waals surface area contributed by atoms with Crippen LogP contribution >= 0.6 is 0 Å². The third kappa shape index (κ3) is 4.94. The Balaban J connectivity index is 2.03. The number of carboxylic acid groups (broad SMARTS) is 1. The van der Waals surface area contributed by atoms with E-state index in [9.17, 15) is 9.59 Å². The molecule has 7 heteroatoms. The van der Waals surface area contributed by atoms with Crippen molar-refractivity contribution in [1.82, 2.24) is 10.2 Å². The average Bonchev–Trinajstić information content (AvgIpc) is 2.50. The van der Waals surface area contributed by atoms with Crippen LogP contribution in [-0.4, -0.2) is 75.2 Å². The number of benzene rings is 1. The number of carbonyl (C=O) groups excluding carboxylic acids is 1. The van der Waals surface area contributed by atoms with Crippen LogP contribution in [0.5, 0.6) is 5.75 Å². The van der Waals surface area contributed by atoms with E-state index in [0.29, 0.717) is 30.2 Å². The lowest BCUT2D eigenvalue weighted by Crippen LogP contribution is -2.37. The van der Waals surface area contributed by atoms with E-state index in [4.69, 9.17) is 9.84 Å². The quantitative estimate of drug-likeness (QED) is 0.526. The van der Waals surface area contributed by atoms with Crippen LogP contribution in [0.4, 0.5) is 5.69 Å². The molecule has 0 saturated carbocycles. The van der Waals surface area contributed by atoms with E-state index >= 15 is 0 Å². The zero-order valence-electron chi connectivity index (χ0n) is 13.5. The Morgan fingerprint density at radius 3 is 2.87 bits per heavy atom. The number of carbonyl (C=O) groups is 2. The largest absolute Gasteiger partial charge is 0.490 e. The van der Waals surface area contributed by atoms with Gasteiger partial charge in [0.05, 0.1) is 18.8 Å². The molecule has 0 spiro atoms. The number of ketones is 1. The number of aliphatic carboxylic acids is 1. The molecule has 1 aromatic rings. The van der Waals surface area contributed by atoms with Crippen LogP contribution in [0.15, 0.2) is 18.2 Å². The Labute approximate surface area is 135 Å². The molecule has 0 aromatic heterocycles. The van der Waals surface area contributed by atoms with Crippen LogP contribution in [0, 0.1) is 0 Å². The maximum atomic E-state index is 12.3. The molecule has 0 saturated heterocycles. The van der Waals surface area contributed by atoms with Gasteiger partial charge in [-0.3, -0.25) is 9.59 Å². The highest BCUT2D eigenvalue weighted by Crippen LogP contribution is 2.32. The molecule has 2 rings (SSSR count). The zero-order valence-corrected chi connectivity index (χ0v) is 13.5. The second kappa shape index (κ2) is 7.94. The molecule has 0 atom stereocenters. The zero-order chi connectivity index (χ0) is 16.8. The second-order valence-electron chi connectivity index (χ2n) is 5.75. The number of hydrogen-bond donors (Lipinski definition) is 2. The molecule has 1 heterocycles. The highest BCUT2D eigenvalue weighted by Gasteiger charge is 2.21. The van der Waals surface area contributed by atoms with Gasteiger partial charge in [-0.05, 0) is 32.3 Å². The molecule has 1 aliphatic heterocycles. The summed E-state index contributed by atoms with van der Waals surface area (Å²) in [7, 11) is 3.95. The molecule has 2 N–H and O–H groups in total. The minimum atomic E-state index is -0.903. The molecular weight excluding hydrogens is 298 g/mol. The first-order valence-electron chi connectivity index (χ1n) is 7.59. The molecular formula is C16H23N3O4. The maximum absolute atomic E-state index is 12.3. The normalized spacial score (nSPS) is 13.6. The fraction of sp³-hybridized carbons (Fsp3) is 0.500. The monoisotopic (exact) mass is 321 g/mol. The third-order valence-electron chi connectivity index (χ3n) is 3.59. The predicted octanol–water partition coefficient (Wildman–Crippen LogP) is 0.304. The number of rotatable bonds is 8. The van der Waals surface area contributed by atoms with Gasteiger partial charge in [-0.1, -0.05) is 0 Å². The van der Waals surface area contributed by atoms with Crippen molar-refractivity contribution in [2.45, 2.75) is 0 Å². The molecule has 7 nitrogen and oxygen atoms in total. The summed E-state index contributed by atoms with van der Waals surface area (Å²) in [5.41, 5.74) is 1.22. The van der Waals surface area contributed by atoms with Crippen LogP contribution in [0.2, 0.25) is 0 Å². The summed E-state index contributed by atoms with van der Waals surface area (Å²) in [6.45, 7) is 2.69. The smallest absolute Gasteiger partial charge is 0.323 e. The minimum absolute atomic E-state index is 0.0209.